The van der Waals surface area contributed by atoms with Crippen molar-refractivity contribution in [3.8, 4) is 11.5 Å². The number of fused-ring (bicyclic) bond motifs is 1. The summed E-state index contributed by atoms with van der Waals surface area (Å²) in [5, 5.41) is 16.4. The number of nitrogens with zero attached hydrogens (tertiary/aromatic N) is 1. The molecule has 3 rings (SSSR count). The number of nitrogens with two attached hydrogens (primary N) is 1. The van der Waals surface area contributed by atoms with Gasteiger partial charge in [-0.05, 0) is 36.8 Å². The highest BCUT2D eigenvalue weighted by Crippen LogP contribution is 2.28. The maximum atomic E-state index is 13.1. The molecule has 0 saturated carbocycles. The van der Waals surface area contributed by atoms with Crippen LogP contribution in [-0.4, -0.2) is 65.8 Å². The lowest BCUT2D eigenvalue weighted by molar-refractivity contribution is -0.145. The molecular formula is C23H23N3O8. The number of hydrogen-bond acceptors (Lipinski definition) is 8. The van der Waals surface area contributed by atoms with Crippen molar-refractivity contribution < 1.29 is 38.5 Å². The Morgan fingerprint density at radius 3 is 2.56 bits per heavy atom. The van der Waals surface area contributed by atoms with Crippen molar-refractivity contribution in [1.29, 1.82) is 5.41 Å². The second kappa shape index (κ2) is 10.5. The normalized spacial score (nSPS) is 12.1. The number of Topliss-reactive ketones (excluding diaryl/α,β-unsaturated/α-hetero) is 1. The molecule has 0 aromatic heterocycles. The summed E-state index contributed by atoms with van der Waals surface area (Å²) in [4.78, 5) is 49.6. The van der Waals surface area contributed by atoms with Crippen molar-refractivity contribution in [2.45, 2.75) is 13.5 Å². The molecule has 0 aliphatic carbocycles. The lowest BCUT2D eigenvalue weighted by atomic mass is 10.1. The lowest BCUT2D eigenvalue weighted by Crippen LogP contribution is -2.30. The summed E-state index contributed by atoms with van der Waals surface area (Å²) in [5.41, 5.74) is 7.15. The number of esters is 1. The van der Waals surface area contributed by atoms with Gasteiger partial charge in [0, 0.05) is 23.7 Å². The highest BCUT2D eigenvalue weighted by molar-refractivity contribution is 6.06. The Labute approximate surface area is 194 Å². The van der Waals surface area contributed by atoms with Gasteiger partial charge in [0.05, 0.1) is 18.7 Å². The predicted molar refractivity (Wildman–Crippen MR) is 118 cm³/mol. The van der Waals surface area contributed by atoms with Crippen molar-refractivity contribution in [2.24, 2.45) is 5.73 Å². The minimum absolute atomic E-state index is 0.0102. The van der Waals surface area contributed by atoms with Crippen LogP contribution in [0.5, 0.6) is 11.5 Å². The molecule has 1 amide bonds. The van der Waals surface area contributed by atoms with Crippen LogP contribution in [0.3, 0.4) is 0 Å². The van der Waals surface area contributed by atoms with Crippen LogP contribution in [0.4, 0.5) is 0 Å². The second-order valence-electron chi connectivity index (χ2n) is 7.30. The number of carboxylic acids is 1. The van der Waals surface area contributed by atoms with Crippen LogP contribution < -0.4 is 15.2 Å². The van der Waals surface area contributed by atoms with Crippen LogP contribution in [-0.2, 0) is 20.9 Å². The third-order valence-electron chi connectivity index (χ3n) is 4.90. The maximum Gasteiger partial charge on any atom is 0.344 e. The molecule has 34 heavy (non-hydrogen) atoms. The van der Waals surface area contributed by atoms with Crippen molar-refractivity contribution in [3.63, 3.8) is 0 Å². The van der Waals surface area contributed by atoms with Gasteiger partial charge in [-0.3, -0.25) is 15.0 Å². The third kappa shape index (κ3) is 5.68. The Bertz CT molecular complexity index is 1160. The molecule has 0 fully saturated rings. The highest BCUT2D eigenvalue weighted by atomic mass is 16.6. The van der Waals surface area contributed by atoms with Crippen LogP contribution in [0.1, 0.15) is 38.8 Å². The number of ether oxygens (including phenoxy) is 3. The van der Waals surface area contributed by atoms with Crippen molar-refractivity contribution in [2.75, 3.05) is 26.4 Å². The van der Waals surface area contributed by atoms with Gasteiger partial charge >= 0.3 is 11.9 Å². The number of hydrogen-bond donors (Lipinski definition) is 3. The van der Waals surface area contributed by atoms with E-state index >= 15 is 0 Å². The van der Waals surface area contributed by atoms with Crippen molar-refractivity contribution in [1.82, 2.24) is 4.90 Å². The molecule has 11 nitrogen and oxygen atoms in total. The Balaban J connectivity index is 1.79. The highest BCUT2D eigenvalue weighted by Gasteiger charge is 2.30. The first-order valence-electron chi connectivity index (χ1n) is 10.3. The molecule has 4 N–H and O–H groups in total. The van der Waals surface area contributed by atoms with Gasteiger partial charge in [-0.25, -0.2) is 9.59 Å². The zero-order valence-corrected chi connectivity index (χ0v) is 18.3. The molecular weight excluding hydrogens is 446 g/mol. The molecule has 0 unspecified atom stereocenters. The zero-order valence-electron chi connectivity index (χ0n) is 18.3. The maximum absolute atomic E-state index is 13.1. The van der Waals surface area contributed by atoms with Crippen LogP contribution in [0, 0.1) is 5.41 Å². The van der Waals surface area contributed by atoms with Crippen molar-refractivity contribution in [3.05, 3.63) is 58.7 Å². The molecule has 1 heterocycles. The first-order chi connectivity index (χ1) is 16.2. The summed E-state index contributed by atoms with van der Waals surface area (Å²) in [6, 6.07) is 8.86. The molecule has 1 aliphatic rings. The summed E-state index contributed by atoms with van der Waals surface area (Å²) >= 11 is 0. The molecule has 0 atom stereocenters. The molecule has 0 bridgehead atoms. The first-order valence-corrected chi connectivity index (χ1v) is 10.3. The third-order valence-corrected chi connectivity index (χ3v) is 4.90. The number of carbonyl (C=O) groups excluding carboxylic acids is 3. The standard InChI is InChI=1S/C23H23N3O8/c1-2-32-21(30)12-34-19-8-15(33-11-20(28)29)4-6-17(19)18(27)10-26-9-14-7-13(22(24)25)3-5-16(14)23(26)31/h3-8H,2,9-12H2,1H3,(H3,24,25)(H,28,29). The minimum atomic E-state index is -1.19. The van der Waals surface area contributed by atoms with Gasteiger partial charge in [0.25, 0.3) is 5.91 Å². The fourth-order valence-corrected chi connectivity index (χ4v) is 3.36. The molecule has 0 radical (unpaired) electrons. The Morgan fingerprint density at radius 1 is 1.12 bits per heavy atom. The lowest BCUT2D eigenvalue weighted by Gasteiger charge is -2.17. The molecule has 1 aliphatic heterocycles. The molecule has 11 heteroatoms. The summed E-state index contributed by atoms with van der Waals surface area (Å²) in [5.74, 6) is -2.65. The number of nitrogen functional groups attached to an aromatic ring is 1. The summed E-state index contributed by atoms with van der Waals surface area (Å²) in [6.07, 6.45) is 0. The number of aliphatic carboxylic acids is 1. The van der Waals surface area contributed by atoms with E-state index in [9.17, 15) is 19.2 Å². The molecule has 0 saturated heterocycles. The van der Waals surface area contributed by atoms with Gasteiger partial charge < -0.3 is 30.0 Å². The number of rotatable bonds is 11. The summed E-state index contributed by atoms with van der Waals surface area (Å²) in [6.45, 7) is 0.607. The van der Waals surface area contributed by atoms with Gasteiger partial charge in [-0.15, -0.1) is 0 Å². The van der Waals surface area contributed by atoms with Gasteiger partial charge in [0.1, 0.15) is 17.3 Å². The largest absolute Gasteiger partial charge is 0.482 e. The number of amides is 1. The van der Waals surface area contributed by atoms with Crippen LogP contribution in [0.25, 0.3) is 0 Å². The van der Waals surface area contributed by atoms with E-state index in [-0.39, 0.29) is 48.5 Å². The van der Waals surface area contributed by atoms with Crippen molar-refractivity contribution >= 4 is 29.5 Å². The Kier molecular flexibility index (Phi) is 7.46. The number of nitrogens with one attached hydrogen (secondary N) is 1. The quantitative estimate of drug-likeness (QED) is 0.189. The van der Waals surface area contributed by atoms with Gasteiger partial charge in [0.2, 0.25) is 0 Å². The van der Waals surface area contributed by atoms with E-state index in [2.05, 4.69) is 0 Å². The van der Waals surface area contributed by atoms with Gasteiger partial charge in [0.15, 0.2) is 19.0 Å². The smallest absolute Gasteiger partial charge is 0.344 e. The summed E-state index contributed by atoms with van der Waals surface area (Å²) in [7, 11) is 0. The van der Waals surface area contributed by atoms with Crippen LogP contribution >= 0.6 is 0 Å². The van der Waals surface area contributed by atoms with Crippen LogP contribution in [0.15, 0.2) is 36.4 Å². The Morgan fingerprint density at radius 2 is 1.88 bits per heavy atom. The topological polar surface area (TPSA) is 169 Å². The summed E-state index contributed by atoms with van der Waals surface area (Å²) < 4.78 is 15.4. The molecule has 2 aromatic rings. The minimum Gasteiger partial charge on any atom is -0.482 e. The van der Waals surface area contributed by atoms with E-state index in [0.29, 0.717) is 16.7 Å². The van der Waals surface area contributed by atoms with E-state index in [4.69, 9.17) is 30.5 Å². The first kappa shape index (κ1) is 24.2. The number of benzene rings is 2. The van der Waals surface area contributed by atoms with E-state index in [1.807, 2.05) is 0 Å². The number of carbonyl (C=O) groups is 4. The average Bonchev–Trinajstić information content (AvgIpc) is 3.10. The Hall–Kier alpha value is -4.41. The monoisotopic (exact) mass is 469 g/mol. The number of carboxylic acid groups (broad SMARTS) is 1. The second-order valence-corrected chi connectivity index (χ2v) is 7.30. The fraction of sp³-hybridized carbons (Fsp3) is 0.261. The zero-order chi connectivity index (χ0) is 24.8. The molecule has 2 aromatic carbocycles. The van der Waals surface area contributed by atoms with Crippen LogP contribution in [0.2, 0.25) is 0 Å². The molecule has 178 valence electrons. The fourth-order valence-electron chi connectivity index (χ4n) is 3.36. The van der Waals surface area contributed by atoms with E-state index < -0.39 is 30.9 Å². The van der Waals surface area contributed by atoms with Gasteiger partial charge in [-0.2, -0.15) is 0 Å². The molecule has 0 spiro atoms. The van der Waals surface area contributed by atoms with E-state index in [1.54, 1.807) is 25.1 Å². The predicted octanol–water partition coefficient (Wildman–Crippen LogP) is 1.21. The average molecular weight is 469 g/mol. The SMILES string of the molecule is CCOC(=O)COc1cc(OCC(=O)O)ccc1C(=O)CN1Cc2cc(C(=N)N)ccc2C1=O. The van der Waals surface area contributed by atoms with E-state index in [1.165, 1.54) is 23.1 Å². The number of amidine groups is 1. The van der Waals surface area contributed by atoms with E-state index in [0.717, 1.165) is 0 Å². The number of ketones is 1. The van der Waals surface area contributed by atoms with Gasteiger partial charge in [-0.1, -0.05) is 6.07 Å².